The highest BCUT2D eigenvalue weighted by molar-refractivity contribution is 6.21. The molecule has 0 aliphatic rings. The third-order valence-corrected chi connectivity index (χ3v) is 10.9. The van der Waals surface area contributed by atoms with Crippen LogP contribution in [-0.4, -0.2) is 29.5 Å². The summed E-state index contributed by atoms with van der Waals surface area (Å²) in [5, 5.41) is 4.68. The van der Waals surface area contributed by atoms with Crippen molar-refractivity contribution in [3.63, 3.8) is 0 Å². The van der Waals surface area contributed by atoms with Gasteiger partial charge in [0.25, 0.3) is 0 Å². The molecule has 4 heterocycles. The van der Waals surface area contributed by atoms with Crippen LogP contribution in [0.4, 0.5) is 0 Å². The quantitative estimate of drug-likeness (QED) is 0.167. The molecule has 0 saturated carbocycles. The van der Waals surface area contributed by atoms with E-state index in [9.17, 15) is 0 Å². The molecule has 4 aromatic heterocycles. The molecule has 0 aliphatic carbocycles. The maximum absolute atomic E-state index is 6.07. The molecule has 8 nitrogen and oxygen atoms in total. The van der Waals surface area contributed by atoms with Gasteiger partial charge in [0.1, 0.15) is 11.0 Å². The smallest absolute Gasteiger partial charge is 0.227 e. The van der Waals surface area contributed by atoms with Gasteiger partial charge in [-0.15, -0.1) is 0 Å². The second-order valence-corrected chi connectivity index (χ2v) is 14.5. The molecule has 0 atom stereocenters. The molecule has 0 saturated heterocycles. The van der Waals surface area contributed by atoms with E-state index in [1.807, 2.05) is 103 Å². The van der Waals surface area contributed by atoms with E-state index in [1.165, 1.54) is 16.2 Å². The van der Waals surface area contributed by atoms with Crippen LogP contribution in [0, 0.1) is 0 Å². The standard InChI is InChI=1S/C51H30N6O2/c1-2-11-37(12-3-1)57-42-28-27-36(30-39(42)46-38-13-5-4-10-31(38)26-29-43(46)57)49-55-47(32-18-22-34(23-19-32)50-52-40-14-6-8-16-44(40)58-50)54-48(56-49)33-20-24-35(25-21-33)51-53-41-15-7-9-17-45(41)59-51/h1-30H. The first-order chi connectivity index (χ1) is 29.2. The van der Waals surface area contributed by atoms with E-state index in [1.54, 1.807) is 0 Å². The molecule has 276 valence electrons. The summed E-state index contributed by atoms with van der Waals surface area (Å²) in [6, 6.07) is 61.5. The van der Waals surface area contributed by atoms with Crippen LogP contribution in [0.2, 0.25) is 0 Å². The van der Waals surface area contributed by atoms with Crippen molar-refractivity contribution in [1.82, 2.24) is 29.5 Å². The highest BCUT2D eigenvalue weighted by atomic mass is 16.4. The zero-order chi connectivity index (χ0) is 38.9. The molecule has 0 spiro atoms. The number of benzene rings is 8. The second kappa shape index (κ2) is 13.2. The normalized spacial score (nSPS) is 11.7. The number of nitrogens with zero attached hydrogens (tertiary/aromatic N) is 6. The van der Waals surface area contributed by atoms with Gasteiger partial charge in [0.2, 0.25) is 11.8 Å². The average molecular weight is 759 g/mol. The van der Waals surface area contributed by atoms with Crippen molar-refractivity contribution in [1.29, 1.82) is 0 Å². The van der Waals surface area contributed by atoms with Crippen molar-refractivity contribution in [2.45, 2.75) is 0 Å². The largest absolute Gasteiger partial charge is 0.436 e. The van der Waals surface area contributed by atoms with Gasteiger partial charge >= 0.3 is 0 Å². The Bertz CT molecular complexity index is 3350. The van der Waals surface area contributed by atoms with Crippen molar-refractivity contribution in [3.8, 4) is 62.8 Å². The van der Waals surface area contributed by atoms with Crippen LogP contribution in [0.3, 0.4) is 0 Å². The summed E-state index contributed by atoms with van der Waals surface area (Å²) < 4.78 is 14.5. The van der Waals surface area contributed by atoms with Gasteiger partial charge in [-0.05, 0) is 95.7 Å². The molecule has 0 aliphatic heterocycles. The summed E-state index contributed by atoms with van der Waals surface area (Å²) in [5.74, 6) is 2.79. The maximum Gasteiger partial charge on any atom is 0.227 e. The SMILES string of the molecule is c1ccc(-n2c3ccc(-c4nc(-c5ccc(-c6nc7ccccc7o6)cc5)nc(-c5ccc(-c6nc7ccccc7o6)cc5)n4)cc3c3c4ccccc4ccc32)cc1. The highest BCUT2D eigenvalue weighted by Gasteiger charge is 2.19. The number of rotatable bonds is 6. The van der Waals surface area contributed by atoms with Gasteiger partial charge in [-0.2, -0.15) is 0 Å². The molecular weight excluding hydrogens is 729 g/mol. The number of aromatic nitrogens is 6. The van der Waals surface area contributed by atoms with E-state index >= 15 is 0 Å². The second-order valence-electron chi connectivity index (χ2n) is 14.5. The fraction of sp³-hybridized carbons (Fsp3) is 0. The Morgan fingerprint density at radius 2 is 0.847 bits per heavy atom. The predicted octanol–water partition coefficient (Wildman–Crippen LogP) is 12.7. The average Bonchev–Trinajstić information content (AvgIpc) is 4.03. The Labute approximate surface area is 336 Å². The van der Waals surface area contributed by atoms with Gasteiger partial charge in [0, 0.05) is 44.3 Å². The van der Waals surface area contributed by atoms with Crippen LogP contribution in [0.25, 0.3) is 118 Å². The summed E-state index contributed by atoms with van der Waals surface area (Å²) >= 11 is 0. The molecule has 0 unspecified atom stereocenters. The molecule has 0 fully saturated rings. The van der Waals surface area contributed by atoms with Gasteiger partial charge in [0.05, 0.1) is 11.0 Å². The highest BCUT2D eigenvalue weighted by Crippen LogP contribution is 2.39. The van der Waals surface area contributed by atoms with E-state index in [0.29, 0.717) is 29.3 Å². The van der Waals surface area contributed by atoms with Crippen molar-refractivity contribution < 1.29 is 8.83 Å². The van der Waals surface area contributed by atoms with Gasteiger partial charge < -0.3 is 13.4 Å². The monoisotopic (exact) mass is 758 g/mol. The third kappa shape index (κ3) is 5.57. The fourth-order valence-corrected chi connectivity index (χ4v) is 8.06. The molecule has 8 heteroatoms. The molecule has 0 amide bonds. The maximum atomic E-state index is 6.07. The minimum Gasteiger partial charge on any atom is -0.436 e. The molecule has 8 aromatic carbocycles. The molecule has 12 aromatic rings. The van der Waals surface area contributed by atoms with Crippen LogP contribution >= 0.6 is 0 Å². The number of hydrogen-bond acceptors (Lipinski definition) is 7. The summed E-state index contributed by atoms with van der Waals surface area (Å²) in [6.45, 7) is 0. The van der Waals surface area contributed by atoms with Crippen LogP contribution in [-0.2, 0) is 0 Å². The zero-order valence-electron chi connectivity index (χ0n) is 31.3. The van der Waals surface area contributed by atoms with Crippen molar-refractivity contribution >= 4 is 54.8 Å². The summed E-state index contributed by atoms with van der Waals surface area (Å²) in [6.07, 6.45) is 0. The lowest BCUT2D eigenvalue weighted by molar-refractivity contribution is 0.619. The summed E-state index contributed by atoms with van der Waals surface area (Å²) in [5.41, 5.74) is 10.8. The van der Waals surface area contributed by atoms with Crippen LogP contribution < -0.4 is 0 Å². The molecule has 12 rings (SSSR count). The van der Waals surface area contributed by atoms with E-state index in [4.69, 9.17) is 33.8 Å². The van der Waals surface area contributed by atoms with Gasteiger partial charge in [-0.25, -0.2) is 24.9 Å². The Kier molecular flexibility index (Phi) is 7.36. The predicted molar refractivity (Wildman–Crippen MR) is 234 cm³/mol. The molecular formula is C51H30N6O2. The summed E-state index contributed by atoms with van der Waals surface area (Å²) in [7, 11) is 0. The van der Waals surface area contributed by atoms with Crippen LogP contribution in [0.1, 0.15) is 0 Å². The molecule has 0 bridgehead atoms. The number of hydrogen-bond donors (Lipinski definition) is 0. The van der Waals surface area contributed by atoms with Crippen molar-refractivity contribution in [2.24, 2.45) is 0 Å². The van der Waals surface area contributed by atoms with E-state index < -0.39 is 0 Å². The first kappa shape index (κ1) is 33.0. The van der Waals surface area contributed by atoms with E-state index in [0.717, 1.165) is 72.1 Å². The van der Waals surface area contributed by atoms with Crippen LogP contribution in [0.5, 0.6) is 0 Å². The topological polar surface area (TPSA) is 95.7 Å². The molecule has 0 radical (unpaired) electrons. The van der Waals surface area contributed by atoms with Crippen LogP contribution in [0.15, 0.2) is 191 Å². The molecule has 59 heavy (non-hydrogen) atoms. The summed E-state index contributed by atoms with van der Waals surface area (Å²) in [4.78, 5) is 24.8. The van der Waals surface area contributed by atoms with Gasteiger partial charge in [-0.3, -0.25) is 0 Å². The zero-order valence-corrected chi connectivity index (χ0v) is 31.3. The van der Waals surface area contributed by atoms with E-state index in [-0.39, 0.29) is 0 Å². The first-order valence-electron chi connectivity index (χ1n) is 19.4. The van der Waals surface area contributed by atoms with Gasteiger partial charge in [0.15, 0.2) is 28.6 Å². The lowest BCUT2D eigenvalue weighted by Crippen LogP contribution is -2.00. The number of oxazole rings is 2. The lowest BCUT2D eigenvalue weighted by Gasteiger charge is -2.10. The fourth-order valence-electron chi connectivity index (χ4n) is 8.06. The minimum absolute atomic E-state index is 0.550. The Balaban J connectivity index is 1.02. The Hall–Kier alpha value is -8.23. The number of para-hydroxylation sites is 5. The van der Waals surface area contributed by atoms with Crippen molar-refractivity contribution in [3.05, 3.63) is 182 Å². The Morgan fingerprint density at radius 3 is 1.46 bits per heavy atom. The first-order valence-corrected chi connectivity index (χ1v) is 19.4. The van der Waals surface area contributed by atoms with Gasteiger partial charge in [-0.1, -0.05) is 97.1 Å². The Morgan fingerprint density at radius 1 is 0.356 bits per heavy atom. The molecule has 0 N–H and O–H groups in total. The lowest BCUT2D eigenvalue weighted by atomic mass is 10.0. The third-order valence-electron chi connectivity index (χ3n) is 10.9. The van der Waals surface area contributed by atoms with E-state index in [2.05, 4.69) is 83.4 Å². The minimum atomic E-state index is 0.550. The van der Waals surface area contributed by atoms with Crippen molar-refractivity contribution in [2.75, 3.05) is 0 Å². The number of fused-ring (bicyclic) bond motifs is 7.